The predicted octanol–water partition coefficient (Wildman–Crippen LogP) is 3.89. The van der Waals surface area contributed by atoms with E-state index < -0.39 is 17.2 Å². The standard InChI is InChI=1S/C27H21FN4O6/c1-35-20-12-16(13-21(36-2)24(20)37-3)23(33)25-29-19-7-5-4-6-18(19)27(34)32(25)14-22-30-31-26(38-22)15-8-10-17(28)11-9-15/h4-13H,14H2,1-3H3. The Kier molecular flexibility index (Phi) is 6.56. The van der Waals surface area contributed by atoms with Gasteiger partial charge in [0, 0.05) is 11.1 Å². The maximum atomic E-state index is 13.8. The molecule has 10 nitrogen and oxygen atoms in total. The lowest BCUT2D eigenvalue weighted by molar-refractivity contribution is 0.102. The molecule has 2 heterocycles. The number of hydrogen-bond donors (Lipinski definition) is 0. The van der Waals surface area contributed by atoms with E-state index in [0.717, 1.165) is 0 Å². The molecule has 0 saturated carbocycles. The molecule has 0 aliphatic carbocycles. The van der Waals surface area contributed by atoms with Crippen LogP contribution in [0.15, 0.2) is 69.9 Å². The average molecular weight is 516 g/mol. The predicted molar refractivity (Wildman–Crippen MR) is 134 cm³/mol. The Morgan fingerprint density at radius 2 is 1.63 bits per heavy atom. The number of nitrogens with zero attached hydrogens (tertiary/aromatic N) is 4. The minimum atomic E-state index is -0.564. The second kappa shape index (κ2) is 10.1. The van der Waals surface area contributed by atoms with Crippen molar-refractivity contribution in [3.63, 3.8) is 0 Å². The van der Waals surface area contributed by atoms with Crippen molar-refractivity contribution in [3.8, 4) is 28.7 Å². The van der Waals surface area contributed by atoms with Gasteiger partial charge in [0.25, 0.3) is 5.56 Å². The summed E-state index contributed by atoms with van der Waals surface area (Å²) < 4.78 is 36.3. The van der Waals surface area contributed by atoms with Crippen LogP contribution in [-0.4, -0.2) is 46.9 Å². The number of aromatic nitrogens is 4. The van der Waals surface area contributed by atoms with Gasteiger partial charge >= 0.3 is 0 Å². The number of ketones is 1. The van der Waals surface area contributed by atoms with Crippen LogP contribution >= 0.6 is 0 Å². The fraction of sp³-hybridized carbons (Fsp3) is 0.148. The summed E-state index contributed by atoms with van der Waals surface area (Å²) in [6, 6.07) is 15.2. The number of rotatable bonds is 8. The van der Waals surface area contributed by atoms with Crippen molar-refractivity contribution in [2.75, 3.05) is 21.3 Å². The van der Waals surface area contributed by atoms with Gasteiger partial charge in [-0.15, -0.1) is 10.2 Å². The van der Waals surface area contributed by atoms with E-state index in [1.165, 1.54) is 62.3 Å². The zero-order valence-electron chi connectivity index (χ0n) is 20.6. The van der Waals surface area contributed by atoms with Gasteiger partial charge in [-0.3, -0.25) is 14.2 Å². The molecule has 0 unspecified atom stereocenters. The van der Waals surface area contributed by atoms with E-state index in [9.17, 15) is 14.0 Å². The summed E-state index contributed by atoms with van der Waals surface area (Å²) in [7, 11) is 4.32. The number of fused-ring (bicyclic) bond motifs is 1. The molecule has 192 valence electrons. The van der Waals surface area contributed by atoms with Gasteiger partial charge < -0.3 is 18.6 Å². The first-order valence-corrected chi connectivity index (χ1v) is 11.4. The highest BCUT2D eigenvalue weighted by Crippen LogP contribution is 2.38. The Balaban J connectivity index is 1.62. The highest BCUT2D eigenvalue weighted by Gasteiger charge is 2.24. The molecule has 0 saturated heterocycles. The Bertz CT molecular complexity index is 1690. The van der Waals surface area contributed by atoms with Crippen LogP contribution in [0.3, 0.4) is 0 Å². The van der Waals surface area contributed by atoms with Gasteiger partial charge in [0.15, 0.2) is 17.3 Å². The summed E-state index contributed by atoms with van der Waals surface area (Å²) in [6.07, 6.45) is 0. The first-order valence-electron chi connectivity index (χ1n) is 11.4. The first kappa shape index (κ1) is 24.6. The molecule has 0 radical (unpaired) electrons. The highest BCUT2D eigenvalue weighted by atomic mass is 19.1. The molecule has 5 aromatic rings. The summed E-state index contributed by atoms with van der Waals surface area (Å²) in [5.41, 5.74) is 0.547. The van der Waals surface area contributed by atoms with Gasteiger partial charge in [-0.05, 0) is 48.5 Å². The Morgan fingerprint density at radius 1 is 0.947 bits per heavy atom. The zero-order valence-corrected chi connectivity index (χ0v) is 20.6. The number of para-hydroxylation sites is 1. The van der Waals surface area contributed by atoms with Crippen LogP contribution in [0.1, 0.15) is 22.1 Å². The molecule has 5 rings (SSSR count). The first-order chi connectivity index (χ1) is 18.4. The maximum absolute atomic E-state index is 13.8. The Morgan fingerprint density at radius 3 is 2.29 bits per heavy atom. The number of carbonyl (C=O) groups is 1. The van der Waals surface area contributed by atoms with Crippen molar-refractivity contribution in [2.24, 2.45) is 0 Å². The second-order valence-electron chi connectivity index (χ2n) is 8.09. The fourth-order valence-corrected chi connectivity index (χ4v) is 3.99. The summed E-state index contributed by atoms with van der Waals surface area (Å²) in [4.78, 5) is 31.8. The summed E-state index contributed by atoms with van der Waals surface area (Å²) in [5.74, 6) is -0.0695. The minimum Gasteiger partial charge on any atom is -0.493 e. The van der Waals surface area contributed by atoms with Gasteiger partial charge in [-0.1, -0.05) is 12.1 Å². The van der Waals surface area contributed by atoms with Crippen molar-refractivity contribution >= 4 is 16.7 Å². The lowest BCUT2D eigenvalue weighted by Crippen LogP contribution is -2.29. The SMILES string of the molecule is COc1cc(C(=O)c2nc3ccccc3c(=O)n2Cc2nnc(-c3ccc(F)cc3)o2)cc(OC)c1OC. The van der Waals surface area contributed by atoms with Crippen molar-refractivity contribution in [2.45, 2.75) is 6.54 Å². The van der Waals surface area contributed by atoms with Crippen LogP contribution in [0.2, 0.25) is 0 Å². The largest absolute Gasteiger partial charge is 0.493 e. The molecule has 0 amide bonds. The molecule has 0 atom stereocenters. The average Bonchev–Trinajstić information content (AvgIpc) is 3.42. The third kappa shape index (κ3) is 4.45. The van der Waals surface area contributed by atoms with Gasteiger partial charge in [-0.25, -0.2) is 9.37 Å². The van der Waals surface area contributed by atoms with E-state index in [2.05, 4.69) is 15.2 Å². The third-order valence-corrected chi connectivity index (χ3v) is 5.84. The highest BCUT2D eigenvalue weighted by molar-refractivity contribution is 6.08. The van der Waals surface area contributed by atoms with E-state index in [1.54, 1.807) is 24.3 Å². The molecule has 0 bridgehead atoms. The quantitative estimate of drug-likeness (QED) is 0.283. The van der Waals surface area contributed by atoms with Crippen LogP contribution in [0.25, 0.3) is 22.4 Å². The van der Waals surface area contributed by atoms with E-state index in [4.69, 9.17) is 18.6 Å². The molecule has 0 spiro atoms. The molecule has 0 N–H and O–H groups in total. The van der Waals surface area contributed by atoms with Gasteiger partial charge in [-0.2, -0.15) is 0 Å². The molecule has 2 aromatic heterocycles. The van der Waals surface area contributed by atoms with Gasteiger partial charge in [0.05, 0.1) is 32.2 Å². The summed E-state index contributed by atoms with van der Waals surface area (Å²) in [5, 5.41) is 8.32. The van der Waals surface area contributed by atoms with Crippen LogP contribution in [-0.2, 0) is 6.54 Å². The number of halogens is 1. The molecule has 11 heteroatoms. The number of hydrogen-bond acceptors (Lipinski definition) is 9. The van der Waals surface area contributed by atoms with E-state index in [-0.39, 0.29) is 41.2 Å². The molecular formula is C27H21FN4O6. The molecule has 3 aromatic carbocycles. The third-order valence-electron chi connectivity index (χ3n) is 5.84. The molecule has 0 aliphatic heterocycles. The molecule has 0 aliphatic rings. The second-order valence-corrected chi connectivity index (χ2v) is 8.09. The maximum Gasteiger partial charge on any atom is 0.262 e. The molecule has 38 heavy (non-hydrogen) atoms. The zero-order chi connectivity index (χ0) is 26.8. The van der Waals surface area contributed by atoms with Crippen molar-refractivity contribution in [1.29, 1.82) is 0 Å². The monoisotopic (exact) mass is 516 g/mol. The smallest absolute Gasteiger partial charge is 0.262 e. The number of ether oxygens (including phenoxy) is 3. The van der Waals surface area contributed by atoms with Crippen molar-refractivity contribution < 1.29 is 27.8 Å². The van der Waals surface area contributed by atoms with Crippen LogP contribution in [0.5, 0.6) is 17.2 Å². The van der Waals surface area contributed by atoms with E-state index in [1.807, 2.05) is 0 Å². The van der Waals surface area contributed by atoms with Gasteiger partial charge in [0.1, 0.15) is 12.4 Å². The molecule has 0 fully saturated rings. The Hall–Kier alpha value is -5.06. The lowest BCUT2D eigenvalue weighted by atomic mass is 10.1. The van der Waals surface area contributed by atoms with E-state index >= 15 is 0 Å². The molecular weight excluding hydrogens is 495 g/mol. The lowest BCUT2D eigenvalue weighted by Gasteiger charge is -2.15. The number of methoxy groups -OCH3 is 3. The summed E-state index contributed by atoms with van der Waals surface area (Å²) in [6.45, 7) is -0.226. The Labute approximate surface area is 215 Å². The van der Waals surface area contributed by atoms with Crippen LogP contribution in [0, 0.1) is 5.82 Å². The number of carbonyl (C=O) groups excluding carboxylic acids is 1. The van der Waals surface area contributed by atoms with Crippen LogP contribution in [0.4, 0.5) is 4.39 Å². The van der Waals surface area contributed by atoms with Crippen molar-refractivity contribution in [3.05, 3.63) is 94.1 Å². The summed E-state index contributed by atoms with van der Waals surface area (Å²) >= 11 is 0. The fourth-order valence-electron chi connectivity index (χ4n) is 3.99. The normalized spacial score (nSPS) is 10.9. The van der Waals surface area contributed by atoms with E-state index in [0.29, 0.717) is 22.2 Å². The number of benzene rings is 3. The van der Waals surface area contributed by atoms with Crippen molar-refractivity contribution in [1.82, 2.24) is 19.7 Å². The van der Waals surface area contributed by atoms with Gasteiger partial charge in [0.2, 0.25) is 23.3 Å². The van der Waals surface area contributed by atoms with Crippen LogP contribution < -0.4 is 19.8 Å². The topological polar surface area (TPSA) is 119 Å². The minimum absolute atomic E-state index is 0.0578.